The zero-order valence-electron chi connectivity index (χ0n) is 9.54. The summed E-state index contributed by atoms with van der Waals surface area (Å²) in [5, 5.41) is 6.10. The van der Waals surface area contributed by atoms with E-state index >= 15 is 0 Å². The summed E-state index contributed by atoms with van der Waals surface area (Å²) in [6.07, 6.45) is -0.499. The third kappa shape index (κ3) is 2.27. The molecule has 1 aliphatic rings. The summed E-state index contributed by atoms with van der Waals surface area (Å²) in [5.74, 6) is -3.37. The highest BCUT2D eigenvalue weighted by molar-refractivity contribution is 5.81. The van der Waals surface area contributed by atoms with E-state index in [0.29, 0.717) is 0 Å². The summed E-state index contributed by atoms with van der Waals surface area (Å²) in [6, 6.07) is 0. The lowest BCUT2D eigenvalue weighted by molar-refractivity contribution is -0.122. The topological polar surface area (TPSA) is 68.0 Å². The van der Waals surface area contributed by atoms with E-state index < -0.39 is 11.8 Å². The Balaban J connectivity index is 2.04. The fraction of sp³-hybridized carbons (Fsp3) is 0.700. The number of hydrogen-bond donors (Lipinski definition) is 1. The summed E-state index contributed by atoms with van der Waals surface area (Å²) < 4.78 is 30.3. The standard InChI is InChI=1S/C10H13F2N3O2/c1-5(8(16)13-2)9-14-7(15-17-9)6-3-10(11,12)4-6/h5-6H,3-4H2,1-2H3,(H,13,16). The van der Waals surface area contributed by atoms with E-state index in [-0.39, 0.29) is 36.4 Å². The molecule has 17 heavy (non-hydrogen) atoms. The maximum atomic E-state index is 12.7. The van der Waals surface area contributed by atoms with Gasteiger partial charge in [-0.3, -0.25) is 4.79 Å². The van der Waals surface area contributed by atoms with E-state index in [0.717, 1.165) is 0 Å². The third-order valence-corrected chi connectivity index (χ3v) is 2.92. The molecule has 5 nitrogen and oxygen atoms in total. The van der Waals surface area contributed by atoms with E-state index in [4.69, 9.17) is 4.52 Å². The molecule has 1 amide bonds. The van der Waals surface area contributed by atoms with E-state index in [1.165, 1.54) is 7.05 Å². The van der Waals surface area contributed by atoms with E-state index in [9.17, 15) is 13.6 Å². The molecule has 1 atom stereocenters. The summed E-state index contributed by atoms with van der Waals surface area (Å²) in [6.45, 7) is 1.62. The molecule has 1 aromatic heterocycles. The normalized spacial score (nSPS) is 20.7. The van der Waals surface area contributed by atoms with Crippen molar-refractivity contribution in [2.24, 2.45) is 0 Å². The lowest BCUT2D eigenvalue weighted by Crippen LogP contribution is -2.34. The summed E-state index contributed by atoms with van der Waals surface area (Å²) >= 11 is 0. The van der Waals surface area contributed by atoms with Crippen molar-refractivity contribution < 1.29 is 18.1 Å². The SMILES string of the molecule is CNC(=O)C(C)c1nc(C2CC(F)(F)C2)no1. The van der Waals surface area contributed by atoms with Gasteiger partial charge in [-0.2, -0.15) is 4.98 Å². The van der Waals surface area contributed by atoms with Gasteiger partial charge in [-0.05, 0) is 6.92 Å². The zero-order chi connectivity index (χ0) is 12.6. The van der Waals surface area contributed by atoms with Gasteiger partial charge in [0.25, 0.3) is 0 Å². The van der Waals surface area contributed by atoms with Crippen LogP contribution in [0.4, 0.5) is 8.78 Å². The molecule has 1 unspecified atom stereocenters. The lowest BCUT2D eigenvalue weighted by atomic mass is 9.81. The first-order valence-electron chi connectivity index (χ1n) is 5.36. The van der Waals surface area contributed by atoms with Crippen molar-refractivity contribution in [3.63, 3.8) is 0 Å². The summed E-state index contributed by atoms with van der Waals surface area (Å²) in [7, 11) is 1.50. The van der Waals surface area contributed by atoms with Crippen molar-refractivity contribution >= 4 is 5.91 Å². The average molecular weight is 245 g/mol. The molecule has 1 N–H and O–H groups in total. The molecule has 1 fully saturated rings. The molecule has 2 rings (SSSR count). The van der Waals surface area contributed by atoms with Gasteiger partial charge in [0, 0.05) is 25.8 Å². The van der Waals surface area contributed by atoms with Crippen LogP contribution in [-0.4, -0.2) is 29.0 Å². The Labute approximate surface area is 96.6 Å². The highest BCUT2D eigenvalue weighted by Crippen LogP contribution is 2.47. The first-order valence-corrected chi connectivity index (χ1v) is 5.36. The predicted molar refractivity (Wildman–Crippen MR) is 53.7 cm³/mol. The Kier molecular flexibility index (Phi) is 2.84. The van der Waals surface area contributed by atoms with Crippen molar-refractivity contribution in [1.29, 1.82) is 0 Å². The molecule has 1 saturated carbocycles. The number of rotatable bonds is 3. The fourth-order valence-electron chi connectivity index (χ4n) is 1.76. The van der Waals surface area contributed by atoms with Crippen LogP contribution < -0.4 is 5.32 Å². The number of aromatic nitrogens is 2. The Bertz CT molecular complexity index is 425. The van der Waals surface area contributed by atoms with E-state index in [1.807, 2.05) is 0 Å². The Morgan fingerprint density at radius 1 is 1.59 bits per heavy atom. The second-order valence-electron chi connectivity index (χ2n) is 4.29. The van der Waals surface area contributed by atoms with E-state index in [2.05, 4.69) is 15.5 Å². The number of amides is 1. The molecule has 1 heterocycles. The molecular formula is C10H13F2N3O2. The van der Waals surface area contributed by atoms with Gasteiger partial charge in [0.2, 0.25) is 17.7 Å². The Morgan fingerprint density at radius 2 is 2.24 bits per heavy atom. The minimum Gasteiger partial charge on any atom is -0.358 e. The van der Waals surface area contributed by atoms with Crippen molar-refractivity contribution in [1.82, 2.24) is 15.5 Å². The van der Waals surface area contributed by atoms with Gasteiger partial charge in [-0.15, -0.1) is 0 Å². The maximum absolute atomic E-state index is 12.7. The number of carbonyl (C=O) groups excluding carboxylic acids is 1. The second kappa shape index (κ2) is 4.05. The van der Waals surface area contributed by atoms with Crippen molar-refractivity contribution in [3.8, 4) is 0 Å². The van der Waals surface area contributed by atoms with Crippen LogP contribution in [0.15, 0.2) is 4.52 Å². The molecule has 94 valence electrons. The summed E-state index contributed by atoms with van der Waals surface area (Å²) in [4.78, 5) is 15.3. The number of halogens is 2. The van der Waals surface area contributed by atoms with Crippen LogP contribution in [0.5, 0.6) is 0 Å². The smallest absolute Gasteiger partial charge is 0.249 e. The molecule has 0 bridgehead atoms. The molecule has 7 heteroatoms. The van der Waals surface area contributed by atoms with Gasteiger partial charge in [-0.25, -0.2) is 8.78 Å². The number of nitrogens with zero attached hydrogens (tertiary/aromatic N) is 2. The number of alkyl halides is 2. The van der Waals surface area contributed by atoms with E-state index in [1.54, 1.807) is 6.92 Å². The molecule has 0 aromatic carbocycles. The van der Waals surface area contributed by atoms with Gasteiger partial charge >= 0.3 is 0 Å². The molecule has 0 aliphatic heterocycles. The Morgan fingerprint density at radius 3 is 2.76 bits per heavy atom. The molecule has 0 saturated heterocycles. The van der Waals surface area contributed by atoms with Crippen LogP contribution in [0.2, 0.25) is 0 Å². The largest absolute Gasteiger partial charge is 0.358 e. The van der Waals surface area contributed by atoms with Crippen molar-refractivity contribution in [2.45, 2.75) is 37.5 Å². The minimum atomic E-state index is -2.61. The first-order chi connectivity index (χ1) is 7.93. The van der Waals surface area contributed by atoms with Crippen LogP contribution in [0.1, 0.15) is 43.3 Å². The number of nitrogens with one attached hydrogen (secondary N) is 1. The zero-order valence-corrected chi connectivity index (χ0v) is 9.54. The maximum Gasteiger partial charge on any atom is 0.249 e. The average Bonchev–Trinajstić information content (AvgIpc) is 2.72. The lowest BCUT2D eigenvalue weighted by Gasteiger charge is -2.32. The highest BCUT2D eigenvalue weighted by atomic mass is 19.3. The quantitative estimate of drug-likeness (QED) is 0.874. The number of likely N-dealkylation sites (N-methyl/N-ethyl adjacent to an activating group) is 1. The molecule has 1 aromatic rings. The molecule has 0 spiro atoms. The summed E-state index contributed by atoms with van der Waals surface area (Å²) in [5.41, 5.74) is 0. The first kappa shape index (κ1) is 11.9. The van der Waals surface area contributed by atoms with Crippen molar-refractivity contribution in [2.75, 3.05) is 7.05 Å². The molecule has 1 aliphatic carbocycles. The van der Waals surface area contributed by atoms with Crippen LogP contribution in [0.25, 0.3) is 0 Å². The Hall–Kier alpha value is -1.53. The monoisotopic (exact) mass is 245 g/mol. The van der Waals surface area contributed by atoms with Crippen LogP contribution in [-0.2, 0) is 4.79 Å². The number of hydrogen-bond acceptors (Lipinski definition) is 4. The van der Waals surface area contributed by atoms with Gasteiger partial charge in [0.05, 0.1) is 0 Å². The van der Waals surface area contributed by atoms with Crippen LogP contribution >= 0.6 is 0 Å². The van der Waals surface area contributed by atoms with Gasteiger partial charge in [-0.1, -0.05) is 5.16 Å². The van der Waals surface area contributed by atoms with Gasteiger partial charge in [0.15, 0.2) is 5.82 Å². The highest BCUT2D eigenvalue weighted by Gasteiger charge is 2.48. The van der Waals surface area contributed by atoms with Gasteiger partial charge in [0.1, 0.15) is 5.92 Å². The second-order valence-corrected chi connectivity index (χ2v) is 4.29. The van der Waals surface area contributed by atoms with Gasteiger partial charge < -0.3 is 9.84 Å². The van der Waals surface area contributed by atoms with Crippen molar-refractivity contribution in [3.05, 3.63) is 11.7 Å². The third-order valence-electron chi connectivity index (χ3n) is 2.92. The minimum absolute atomic E-state index is 0.162. The predicted octanol–water partition coefficient (Wildman–Crippen LogP) is 1.43. The molecule has 0 radical (unpaired) electrons. The van der Waals surface area contributed by atoms with Crippen LogP contribution in [0.3, 0.4) is 0 Å². The fourth-order valence-corrected chi connectivity index (χ4v) is 1.76. The number of carbonyl (C=O) groups is 1. The molecular weight excluding hydrogens is 232 g/mol. The van der Waals surface area contributed by atoms with Crippen LogP contribution in [0, 0.1) is 0 Å².